The Morgan fingerprint density at radius 1 is 1.35 bits per heavy atom. The largest absolute Gasteiger partial charge is 0.484 e. The lowest BCUT2D eigenvalue weighted by Crippen LogP contribution is -2.39. The zero-order chi connectivity index (χ0) is 13.8. The Morgan fingerprint density at radius 2 is 2.15 bits per heavy atom. The molecule has 1 aromatic carbocycles. The Bertz CT molecular complexity index is 576. The number of aromatic nitrogens is 1. The van der Waals surface area contributed by atoms with E-state index in [4.69, 9.17) is 9.15 Å². The molecule has 3 rings (SSSR count). The molecule has 20 heavy (non-hydrogen) atoms. The number of oxazole rings is 1. The summed E-state index contributed by atoms with van der Waals surface area (Å²) in [5, 5.41) is 2.92. The highest BCUT2D eigenvalue weighted by Crippen LogP contribution is 2.18. The predicted molar refractivity (Wildman–Crippen MR) is 72.4 cm³/mol. The van der Waals surface area contributed by atoms with E-state index in [9.17, 15) is 4.79 Å². The molecule has 1 aromatic heterocycles. The summed E-state index contributed by atoms with van der Waals surface area (Å²) >= 11 is 0. The normalized spacial score (nSPS) is 14.6. The third-order valence-electron chi connectivity index (χ3n) is 3.33. The molecule has 0 atom stereocenters. The molecule has 5 nitrogen and oxygen atoms in total. The van der Waals surface area contributed by atoms with Crippen LogP contribution in [0.2, 0.25) is 0 Å². The van der Waals surface area contributed by atoms with Gasteiger partial charge in [-0.25, -0.2) is 4.98 Å². The summed E-state index contributed by atoms with van der Waals surface area (Å²) in [5.74, 6) is 0.961. The van der Waals surface area contributed by atoms with E-state index in [1.807, 2.05) is 30.3 Å². The molecule has 0 saturated heterocycles. The van der Waals surface area contributed by atoms with Crippen LogP contribution >= 0.6 is 0 Å². The van der Waals surface area contributed by atoms with Crippen LogP contribution in [0.15, 0.2) is 41.0 Å². The fourth-order valence-electron chi connectivity index (χ4n) is 1.96. The molecule has 0 unspecified atom stereocenters. The maximum atomic E-state index is 11.9. The van der Waals surface area contributed by atoms with Gasteiger partial charge < -0.3 is 14.5 Å². The van der Waals surface area contributed by atoms with Gasteiger partial charge >= 0.3 is 0 Å². The van der Waals surface area contributed by atoms with Gasteiger partial charge in [0.15, 0.2) is 12.3 Å². The zero-order valence-corrected chi connectivity index (χ0v) is 11.0. The molecule has 1 aliphatic rings. The third kappa shape index (κ3) is 2.99. The van der Waals surface area contributed by atoms with Crippen molar-refractivity contribution in [2.24, 2.45) is 0 Å². The molecule has 1 fully saturated rings. The third-order valence-corrected chi connectivity index (χ3v) is 3.33. The van der Waals surface area contributed by atoms with Crippen molar-refractivity contribution in [2.75, 3.05) is 0 Å². The summed E-state index contributed by atoms with van der Waals surface area (Å²) in [6.07, 6.45) is 4.65. The number of carbonyl (C=O) groups is 1. The average Bonchev–Trinajstić information content (AvgIpc) is 2.90. The summed E-state index contributed by atoms with van der Waals surface area (Å²) < 4.78 is 10.8. The van der Waals surface area contributed by atoms with Crippen molar-refractivity contribution in [3.63, 3.8) is 0 Å². The van der Waals surface area contributed by atoms with E-state index in [1.165, 1.54) is 12.7 Å². The first-order valence-electron chi connectivity index (χ1n) is 6.74. The summed E-state index contributed by atoms with van der Waals surface area (Å²) in [6, 6.07) is 9.70. The molecule has 0 aliphatic heterocycles. The molecule has 1 heterocycles. The summed E-state index contributed by atoms with van der Waals surface area (Å²) in [7, 11) is 0. The van der Waals surface area contributed by atoms with Gasteiger partial charge in [-0.3, -0.25) is 4.79 Å². The molecule has 5 heteroatoms. The van der Waals surface area contributed by atoms with Crippen molar-refractivity contribution in [1.29, 1.82) is 0 Å². The minimum absolute atomic E-state index is 0.176. The number of rotatable bonds is 5. The molecule has 104 valence electrons. The van der Waals surface area contributed by atoms with Crippen LogP contribution in [0, 0.1) is 0 Å². The lowest BCUT2D eigenvalue weighted by Gasteiger charge is -2.25. The zero-order valence-electron chi connectivity index (χ0n) is 11.0. The average molecular weight is 272 g/mol. The summed E-state index contributed by atoms with van der Waals surface area (Å²) in [5.41, 5.74) is 0.309. The number of carbonyl (C=O) groups excluding carboxylic acids is 1. The molecule has 1 aliphatic carbocycles. The second-order valence-electron chi connectivity index (χ2n) is 4.83. The molecular weight excluding hydrogens is 256 g/mol. The highest BCUT2D eigenvalue weighted by molar-refractivity contribution is 5.92. The topological polar surface area (TPSA) is 64.4 Å². The quantitative estimate of drug-likeness (QED) is 0.908. The Kier molecular flexibility index (Phi) is 3.67. The van der Waals surface area contributed by atoms with Gasteiger partial charge in [-0.05, 0) is 31.4 Å². The van der Waals surface area contributed by atoms with Crippen molar-refractivity contribution in [3.8, 4) is 5.75 Å². The highest BCUT2D eigenvalue weighted by atomic mass is 16.5. The van der Waals surface area contributed by atoms with E-state index in [0.717, 1.165) is 18.6 Å². The van der Waals surface area contributed by atoms with E-state index < -0.39 is 0 Å². The number of hydrogen-bond donors (Lipinski definition) is 1. The standard InChI is InChI=1S/C15H16N2O3/c18-15(16-11-5-4-6-11)13-9-20-14(17-13)10-19-12-7-2-1-3-8-12/h1-3,7-9,11H,4-6,10H2,(H,16,18). The van der Waals surface area contributed by atoms with Gasteiger partial charge in [0, 0.05) is 6.04 Å². The van der Waals surface area contributed by atoms with Gasteiger partial charge in [0.05, 0.1) is 0 Å². The smallest absolute Gasteiger partial charge is 0.273 e. The van der Waals surface area contributed by atoms with Crippen LogP contribution in [0.25, 0.3) is 0 Å². The van der Waals surface area contributed by atoms with Crippen LogP contribution in [-0.2, 0) is 6.61 Å². The molecule has 2 aromatic rings. The number of para-hydroxylation sites is 1. The molecule has 0 bridgehead atoms. The number of nitrogens with zero attached hydrogens (tertiary/aromatic N) is 1. The lowest BCUT2D eigenvalue weighted by atomic mass is 9.93. The maximum Gasteiger partial charge on any atom is 0.273 e. The Labute approximate surface area is 117 Å². The van der Waals surface area contributed by atoms with E-state index in [-0.39, 0.29) is 12.5 Å². The van der Waals surface area contributed by atoms with Crippen LogP contribution in [0.3, 0.4) is 0 Å². The van der Waals surface area contributed by atoms with Crippen molar-refractivity contribution >= 4 is 5.91 Å². The van der Waals surface area contributed by atoms with Crippen LogP contribution in [0.5, 0.6) is 5.75 Å². The first-order valence-corrected chi connectivity index (χ1v) is 6.74. The van der Waals surface area contributed by atoms with Gasteiger partial charge in [0.1, 0.15) is 12.0 Å². The fraction of sp³-hybridized carbons (Fsp3) is 0.333. The van der Waals surface area contributed by atoms with Crippen LogP contribution < -0.4 is 10.1 Å². The van der Waals surface area contributed by atoms with E-state index >= 15 is 0 Å². The second-order valence-corrected chi connectivity index (χ2v) is 4.83. The fourth-order valence-corrected chi connectivity index (χ4v) is 1.96. The molecule has 0 radical (unpaired) electrons. The molecule has 1 amide bonds. The Hall–Kier alpha value is -2.30. The van der Waals surface area contributed by atoms with Crippen LogP contribution in [0.4, 0.5) is 0 Å². The van der Waals surface area contributed by atoms with Crippen molar-refractivity contribution < 1.29 is 13.9 Å². The van der Waals surface area contributed by atoms with E-state index in [0.29, 0.717) is 17.6 Å². The molecule has 1 N–H and O–H groups in total. The monoisotopic (exact) mass is 272 g/mol. The second kappa shape index (κ2) is 5.77. The minimum Gasteiger partial charge on any atom is -0.484 e. The lowest BCUT2D eigenvalue weighted by molar-refractivity contribution is 0.0911. The van der Waals surface area contributed by atoms with Gasteiger partial charge in [-0.15, -0.1) is 0 Å². The van der Waals surface area contributed by atoms with Gasteiger partial charge in [0.2, 0.25) is 5.89 Å². The maximum absolute atomic E-state index is 11.9. The number of ether oxygens (including phenoxy) is 1. The number of hydrogen-bond acceptors (Lipinski definition) is 4. The van der Waals surface area contributed by atoms with E-state index in [1.54, 1.807) is 0 Å². The van der Waals surface area contributed by atoms with Crippen LogP contribution in [-0.4, -0.2) is 16.9 Å². The van der Waals surface area contributed by atoms with Gasteiger partial charge in [-0.2, -0.15) is 0 Å². The first kappa shape index (κ1) is 12.7. The Morgan fingerprint density at radius 3 is 2.85 bits per heavy atom. The number of benzene rings is 1. The summed E-state index contributed by atoms with van der Waals surface area (Å²) in [6.45, 7) is 0.209. The minimum atomic E-state index is -0.176. The SMILES string of the molecule is O=C(NC1CCC1)c1coc(COc2ccccc2)n1. The predicted octanol–water partition coefficient (Wildman–Crippen LogP) is 2.54. The van der Waals surface area contributed by atoms with Gasteiger partial charge in [0.25, 0.3) is 5.91 Å². The van der Waals surface area contributed by atoms with Crippen molar-refractivity contribution in [3.05, 3.63) is 48.2 Å². The van der Waals surface area contributed by atoms with Crippen LogP contribution in [0.1, 0.15) is 35.6 Å². The van der Waals surface area contributed by atoms with E-state index in [2.05, 4.69) is 10.3 Å². The first-order chi connectivity index (χ1) is 9.81. The summed E-state index contributed by atoms with van der Waals surface area (Å²) in [4.78, 5) is 16.0. The number of nitrogens with one attached hydrogen (secondary N) is 1. The Balaban J connectivity index is 1.54. The highest BCUT2D eigenvalue weighted by Gasteiger charge is 2.21. The van der Waals surface area contributed by atoms with Gasteiger partial charge in [-0.1, -0.05) is 18.2 Å². The molecule has 0 spiro atoms. The molecular formula is C15H16N2O3. The molecule has 1 saturated carbocycles. The number of amides is 1. The van der Waals surface area contributed by atoms with Crippen molar-refractivity contribution in [1.82, 2.24) is 10.3 Å². The van der Waals surface area contributed by atoms with Crippen molar-refractivity contribution in [2.45, 2.75) is 31.9 Å².